The lowest BCUT2D eigenvalue weighted by molar-refractivity contribution is 0.104. The van der Waals surface area contributed by atoms with E-state index in [0.29, 0.717) is 0 Å². The molecule has 0 atom stereocenters. The van der Waals surface area contributed by atoms with Gasteiger partial charge in [-0.1, -0.05) is 41.5 Å². The lowest BCUT2D eigenvalue weighted by Gasteiger charge is -2.01. The number of hydrogen-bond donors (Lipinski definition) is 0. The van der Waals surface area contributed by atoms with Crippen LogP contribution in [0.4, 0.5) is 0 Å². The van der Waals surface area contributed by atoms with Gasteiger partial charge in [0.1, 0.15) is 0 Å². The van der Waals surface area contributed by atoms with Crippen LogP contribution in [-0.4, -0.2) is 5.78 Å². The van der Waals surface area contributed by atoms with E-state index < -0.39 is 0 Å². The molecule has 0 spiro atoms. The molecular weight excluding hydrogens is 196 g/mol. The fourth-order valence-corrected chi connectivity index (χ4v) is 2.30. The van der Waals surface area contributed by atoms with Crippen molar-refractivity contribution in [3.05, 3.63) is 58.7 Å². The number of hydrogen-bond acceptors (Lipinski definition) is 1. The number of carbonyl (C=O) groups is 1. The average Bonchev–Trinajstić information content (AvgIpc) is 2.52. The van der Waals surface area contributed by atoms with Gasteiger partial charge in [-0.05, 0) is 31.0 Å². The zero-order valence-electron chi connectivity index (χ0n) is 9.37. The minimum Gasteiger partial charge on any atom is -0.289 e. The van der Waals surface area contributed by atoms with Crippen LogP contribution >= 0.6 is 0 Å². The second-order valence-electron chi connectivity index (χ2n) is 4.43. The van der Waals surface area contributed by atoms with Gasteiger partial charge in [0, 0.05) is 11.1 Å². The van der Waals surface area contributed by atoms with Crippen molar-refractivity contribution in [1.29, 1.82) is 0 Å². The van der Waals surface area contributed by atoms with Crippen LogP contribution in [0.1, 0.15) is 27.0 Å². The molecule has 16 heavy (non-hydrogen) atoms. The highest BCUT2D eigenvalue weighted by Gasteiger charge is 2.26. The zero-order chi connectivity index (χ0) is 11.3. The molecule has 0 bridgehead atoms. The van der Waals surface area contributed by atoms with E-state index in [1.165, 1.54) is 5.56 Å². The van der Waals surface area contributed by atoms with Crippen molar-refractivity contribution in [3.63, 3.8) is 0 Å². The Morgan fingerprint density at radius 2 is 1.25 bits per heavy atom. The first-order chi connectivity index (χ1) is 7.66. The van der Waals surface area contributed by atoms with Gasteiger partial charge in [-0.25, -0.2) is 0 Å². The summed E-state index contributed by atoms with van der Waals surface area (Å²) in [5.74, 6) is 0.161. The van der Waals surface area contributed by atoms with Crippen molar-refractivity contribution >= 4 is 5.78 Å². The Bertz CT molecular complexity index is 609. The maximum Gasteiger partial charge on any atom is 0.194 e. The zero-order valence-corrected chi connectivity index (χ0v) is 9.37. The summed E-state index contributed by atoms with van der Waals surface area (Å²) in [5.41, 5.74) is 6.18. The van der Waals surface area contributed by atoms with Gasteiger partial charge in [-0.15, -0.1) is 0 Å². The Kier molecular flexibility index (Phi) is 1.78. The molecule has 0 heterocycles. The molecule has 1 aliphatic carbocycles. The van der Waals surface area contributed by atoms with E-state index in [4.69, 9.17) is 0 Å². The smallest absolute Gasteiger partial charge is 0.194 e. The molecule has 0 N–H and O–H groups in total. The van der Waals surface area contributed by atoms with E-state index >= 15 is 0 Å². The predicted molar refractivity (Wildman–Crippen MR) is 64.8 cm³/mol. The molecule has 0 aromatic heterocycles. The average molecular weight is 208 g/mol. The summed E-state index contributed by atoms with van der Waals surface area (Å²) in [6.07, 6.45) is 0. The van der Waals surface area contributed by atoms with Gasteiger partial charge in [0.05, 0.1) is 0 Å². The summed E-state index contributed by atoms with van der Waals surface area (Å²) in [5, 5.41) is 0. The maximum atomic E-state index is 12.2. The molecule has 0 radical (unpaired) electrons. The first kappa shape index (κ1) is 9.34. The summed E-state index contributed by atoms with van der Waals surface area (Å²) < 4.78 is 0. The molecule has 2 aromatic rings. The Labute approximate surface area is 94.7 Å². The number of aryl methyl sites for hydroxylation is 2. The number of fused-ring (bicyclic) bond motifs is 3. The summed E-state index contributed by atoms with van der Waals surface area (Å²) >= 11 is 0. The van der Waals surface area contributed by atoms with E-state index in [1.807, 2.05) is 31.2 Å². The molecule has 0 amide bonds. The van der Waals surface area contributed by atoms with E-state index in [9.17, 15) is 4.79 Å². The minimum atomic E-state index is 0.161. The Hall–Kier alpha value is -1.89. The fourth-order valence-electron chi connectivity index (χ4n) is 2.30. The predicted octanol–water partition coefficient (Wildman–Crippen LogP) is 3.51. The van der Waals surface area contributed by atoms with Gasteiger partial charge in [-0.2, -0.15) is 0 Å². The third kappa shape index (κ3) is 1.15. The largest absolute Gasteiger partial charge is 0.289 e. The second-order valence-corrected chi connectivity index (χ2v) is 4.43. The highest BCUT2D eigenvalue weighted by atomic mass is 16.1. The maximum absolute atomic E-state index is 12.2. The Morgan fingerprint density at radius 1 is 0.688 bits per heavy atom. The molecule has 3 rings (SSSR count). The van der Waals surface area contributed by atoms with Gasteiger partial charge < -0.3 is 0 Å². The standard InChI is InChI=1S/C15H12O/c1-9-4-6-12-13(7-9)11-5-3-10(2)8-14(11)15(12)16/h3-8H,1-2H3. The summed E-state index contributed by atoms with van der Waals surface area (Å²) in [7, 11) is 0. The summed E-state index contributed by atoms with van der Waals surface area (Å²) in [6.45, 7) is 4.07. The molecule has 2 aromatic carbocycles. The monoisotopic (exact) mass is 208 g/mol. The number of benzene rings is 2. The van der Waals surface area contributed by atoms with Crippen LogP contribution in [0.25, 0.3) is 11.1 Å². The molecule has 1 heteroatoms. The number of rotatable bonds is 0. The summed E-state index contributed by atoms with van der Waals surface area (Å²) in [4.78, 5) is 12.2. The Balaban J connectivity index is 2.36. The highest BCUT2D eigenvalue weighted by molar-refractivity contribution is 6.21. The van der Waals surface area contributed by atoms with Gasteiger partial charge in [-0.3, -0.25) is 4.79 Å². The van der Waals surface area contributed by atoms with Crippen LogP contribution in [0, 0.1) is 13.8 Å². The van der Waals surface area contributed by atoms with Crippen molar-refractivity contribution in [2.45, 2.75) is 13.8 Å². The molecule has 0 unspecified atom stereocenters. The lowest BCUT2D eigenvalue weighted by Crippen LogP contribution is -1.95. The van der Waals surface area contributed by atoms with Crippen molar-refractivity contribution in [2.75, 3.05) is 0 Å². The van der Waals surface area contributed by atoms with Crippen LogP contribution in [0.2, 0.25) is 0 Å². The molecular formula is C15H12O. The van der Waals surface area contributed by atoms with Crippen molar-refractivity contribution in [2.24, 2.45) is 0 Å². The minimum absolute atomic E-state index is 0.161. The van der Waals surface area contributed by atoms with Crippen LogP contribution in [-0.2, 0) is 0 Å². The number of ketones is 1. The first-order valence-electron chi connectivity index (χ1n) is 5.43. The van der Waals surface area contributed by atoms with Gasteiger partial charge in [0.15, 0.2) is 5.78 Å². The molecule has 1 nitrogen and oxygen atoms in total. The van der Waals surface area contributed by atoms with Crippen LogP contribution in [0.5, 0.6) is 0 Å². The van der Waals surface area contributed by atoms with Gasteiger partial charge in [0.25, 0.3) is 0 Å². The lowest BCUT2D eigenvalue weighted by atomic mass is 10.0. The van der Waals surface area contributed by atoms with E-state index in [1.54, 1.807) is 0 Å². The normalized spacial score (nSPS) is 12.5. The third-order valence-electron chi connectivity index (χ3n) is 3.13. The van der Waals surface area contributed by atoms with Crippen molar-refractivity contribution in [1.82, 2.24) is 0 Å². The quantitative estimate of drug-likeness (QED) is 0.552. The first-order valence-corrected chi connectivity index (χ1v) is 5.43. The third-order valence-corrected chi connectivity index (χ3v) is 3.13. The highest BCUT2D eigenvalue weighted by Crippen LogP contribution is 2.37. The number of carbonyl (C=O) groups excluding carboxylic acids is 1. The topological polar surface area (TPSA) is 17.1 Å². The molecule has 0 fully saturated rings. The van der Waals surface area contributed by atoms with E-state index in [-0.39, 0.29) is 5.78 Å². The van der Waals surface area contributed by atoms with Crippen LogP contribution in [0.3, 0.4) is 0 Å². The fraction of sp³-hybridized carbons (Fsp3) is 0.133. The van der Waals surface area contributed by atoms with E-state index in [0.717, 1.165) is 27.8 Å². The molecule has 0 aliphatic heterocycles. The van der Waals surface area contributed by atoms with Gasteiger partial charge >= 0.3 is 0 Å². The summed E-state index contributed by atoms with van der Waals surface area (Å²) in [6, 6.07) is 12.1. The molecule has 0 saturated heterocycles. The molecule has 78 valence electrons. The van der Waals surface area contributed by atoms with Gasteiger partial charge in [0.2, 0.25) is 0 Å². The van der Waals surface area contributed by atoms with Crippen LogP contribution in [0.15, 0.2) is 36.4 Å². The Morgan fingerprint density at radius 3 is 1.94 bits per heavy atom. The van der Waals surface area contributed by atoms with E-state index in [2.05, 4.69) is 19.1 Å². The second kappa shape index (κ2) is 3.05. The molecule has 0 saturated carbocycles. The van der Waals surface area contributed by atoms with Crippen molar-refractivity contribution in [3.8, 4) is 11.1 Å². The van der Waals surface area contributed by atoms with Crippen molar-refractivity contribution < 1.29 is 4.79 Å². The SMILES string of the molecule is Cc1ccc2c(c1)C(=O)c1ccc(C)cc1-2. The molecule has 1 aliphatic rings. The van der Waals surface area contributed by atoms with Crippen LogP contribution < -0.4 is 0 Å².